The molecule has 0 bridgehead atoms. The topological polar surface area (TPSA) is 269 Å². The number of ether oxygens (including phenoxy) is 4. The summed E-state index contributed by atoms with van der Waals surface area (Å²) in [6.45, 7) is -1.39. The Balaban J connectivity index is 1.45. The van der Waals surface area contributed by atoms with E-state index in [0.717, 1.165) is 6.07 Å². The van der Waals surface area contributed by atoms with Crippen LogP contribution in [-0.2, 0) is 9.47 Å². The van der Waals surface area contributed by atoms with Crippen molar-refractivity contribution in [2.45, 2.75) is 61.4 Å². The molecule has 0 spiro atoms. The van der Waals surface area contributed by atoms with Gasteiger partial charge in [-0.15, -0.1) is 0 Å². The lowest BCUT2D eigenvalue weighted by atomic mass is 9.99. The summed E-state index contributed by atoms with van der Waals surface area (Å²) in [5.41, 5.74) is -0.833. The molecule has 0 amide bonds. The molecular formula is C25H30O16. The lowest BCUT2D eigenvalue weighted by molar-refractivity contribution is -0.278. The zero-order chi connectivity index (χ0) is 30.0. The van der Waals surface area contributed by atoms with Crippen LogP contribution < -0.4 is 15.1 Å². The van der Waals surface area contributed by atoms with Crippen LogP contribution in [0.5, 0.6) is 23.0 Å². The Hall–Kier alpha value is -3.29. The van der Waals surface area contributed by atoms with Gasteiger partial charge < -0.3 is 74.4 Å². The third-order valence-electron chi connectivity index (χ3n) is 6.50. The maximum Gasteiger partial charge on any atom is 0.383 e. The summed E-state index contributed by atoms with van der Waals surface area (Å²) in [6.07, 6.45) is -13.3. The first kappa shape index (κ1) is 30.7. The Labute approximate surface area is 230 Å². The summed E-state index contributed by atoms with van der Waals surface area (Å²) in [6, 6.07) is 4.96. The molecule has 1 aromatic heterocycles. The van der Waals surface area contributed by atoms with Crippen molar-refractivity contribution in [2.75, 3.05) is 13.2 Å². The van der Waals surface area contributed by atoms with Gasteiger partial charge in [-0.05, 0) is 23.8 Å². The molecule has 2 saturated heterocycles. The van der Waals surface area contributed by atoms with E-state index in [1.165, 1.54) is 30.4 Å². The van der Waals surface area contributed by atoms with Gasteiger partial charge in [-0.3, -0.25) is 0 Å². The molecule has 2 aliphatic heterocycles. The van der Waals surface area contributed by atoms with Gasteiger partial charge in [-0.2, -0.15) is 0 Å². The van der Waals surface area contributed by atoms with E-state index in [1.807, 2.05) is 0 Å². The molecule has 0 radical (unpaired) electrons. The minimum atomic E-state index is -1.83. The molecule has 16 heteroatoms. The summed E-state index contributed by atoms with van der Waals surface area (Å²) in [7, 11) is 0. The van der Waals surface area contributed by atoms with Crippen molar-refractivity contribution in [1.82, 2.24) is 0 Å². The molecule has 16 nitrogen and oxygen atoms in total. The number of benzene rings is 1. The van der Waals surface area contributed by atoms with E-state index in [-0.39, 0.29) is 11.5 Å². The SMILES string of the molecule is O=c1oc(/C=C/c2ccc(O[C@@H]3O[C@H](CO)[C@@H](O)[C@H](O)[C@H]3O)c(O)c2)cc(O)c1O[C@@H]1O[C@H](CO)[C@@H](O)[C@H](O)[C@H]1O. The van der Waals surface area contributed by atoms with Crippen molar-refractivity contribution in [3.8, 4) is 23.0 Å². The second-order valence-corrected chi connectivity index (χ2v) is 9.34. The van der Waals surface area contributed by atoms with Gasteiger partial charge >= 0.3 is 5.63 Å². The van der Waals surface area contributed by atoms with Gasteiger partial charge in [-0.25, -0.2) is 4.79 Å². The van der Waals surface area contributed by atoms with E-state index in [0.29, 0.717) is 5.56 Å². The molecular weight excluding hydrogens is 556 g/mol. The molecule has 2 aromatic rings. The maximum absolute atomic E-state index is 12.4. The first-order chi connectivity index (χ1) is 19.4. The van der Waals surface area contributed by atoms with Gasteiger partial charge in [0.1, 0.15) is 54.6 Å². The number of phenols is 1. The number of hydrogen-bond donors (Lipinski definition) is 10. The Bertz CT molecular complexity index is 1270. The average Bonchev–Trinajstić information content (AvgIpc) is 2.95. The predicted octanol–water partition coefficient (Wildman–Crippen LogP) is -3.42. The van der Waals surface area contributed by atoms with Crippen molar-refractivity contribution in [3.05, 3.63) is 46.0 Å². The van der Waals surface area contributed by atoms with Crippen LogP contribution in [0.1, 0.15) is 11.3 Å². The monoisotopic (exact) mass is 586 g/mol. The smallest absolute Gasteiger partial charge is 0.383 e. The fourth-order valence-corrected chi connectivity index (χ4v) is 4.17. The molecule has 4 rings (SSSR count). The number of rotatable bonds is 8. The van der Waals surface area contributed by atoms with Gasteiger partial charge in [0.2, 0.25) is 18.3 Å². The zero-order valence-corrected chi connectivity index (χ0v) is 21.1. The summed E-state index contributed by atoms with van der Waals surface area (Å²) in [5, 5.41) is 98.8. The molecule has 41 heavy (non-hydrogen) atoms. The molecule has 3 heterocycles. The Kier molecular flexibility index (Phi) is 9.50. The highest BCUT2D eigenvalue weighted by atomic mass is 16.7. The van der Waals surface area contributed by atoms with E-state index in [4.69, 9.17) is 23.4 Å². The fourth-order valence-electron chi connectivity index (χ4n) is 4.17. The van der Waals surface area contributed by atoms with Crippen LogP contribution in [0.15, 0.2) is 33.5 Å². The lowest BCUT2D eigenvalue weighted by Gasteiger charge is -2.39. The van der Waals surface area contributed by atoms with E-state index in [2.05, 4.69) is 0 Å². The number of aliphatic hydroxyl groups excluding tert-OH is 8. The normalized spacial score (nSPS) is 34.0. The summed E-state index contributed by atoms with van der Waals surface area (Å²) in [4.78, 5) is 12.4. The second kappa shape index (κ2) is 12.7. The predicted molar refractivity (Wildman–Crippen MR) is 132 cm³/mol. The van der Waals surface area contributed by atoms with Crippen LogP contribution in [0.2, 0.25) is 0 Å². The van der Waals surface area contributed by atoms with Crippen LogP contribution in [-0.4, -0.2) is 126 Å². The van der Waals surface area contributed by atoms with Crippen LogP contribution in [0.4, 0.5) is 0 Å². The third-order valence-corrected chi connectivity index (χ3v) is 6.50. The number of aliphatic hydroxyl groups is 8. The Morgan fingerprint density at radius 3 is 1.78 bits per heavy atom. The van der Waals surface area contributed by atoms with Crippen LogP contribution in [0.25, 0.3) is 12.2 Å². The highest BCUT2D eigenvalue weighted by molar-refractivity contribution is 5.69. The molecule has 0 unspecified atom stereocenters. The van der Waals surface area contributed by atoms with Gasteiger partial charge in [0, 0.05) is 6.07 Å². The fraction of sp³-hybridized carbons (Fsp3) is 0.480. The van der Waals surface area contributed by atoms with Crippen molar-refractivity contribution in [2.24, 2.45) is 0 Å². The summed E-state index contributed by atoms with van der Waals surface area (Å²) < 4.78 is 26.0. The zero-order valence-electron chi connectivity index (χ0n) is 21.1. The molecule has 1 aromatic carbocycles. The highest BCUT2D eigenvalue weighted by Gasteiger charge is 2.46. The maximum atomic E-state index is 12.4. The molecule has 2 aliphatic rings. The second-order valence-electron chi connectivity index (χ2n) is 9.34. The molecule has 0 aliphatic carbocycles. The lowest BCUT2D eigenvalue weighted by Crippen LogP contribution is -2.60. The third kappa shape index (κ3) is 6.47. The van der Waals surface area contributed by atoms with Gasteiger partial charge in [-0.1, -0.05) is 12.1 Å². The minimum Gasteiger partial charge on any atom is -0.504 e. The van der Waals surface area contributed by atoms with Gasteiger partial charge in [0.05, 0.1) is 13.2 Å². The Morgan fingerprint density at radius 2 is 1.27 bits per heavy atom. The Morgan fingerprint density at radius 1 is 0.707 bits per heavy atom. The minimum absolute atomic E-state index is 0.158. The molecule has 2 fully saturated rings. The van der Waals surface area contributed by atoms with Crippen LogP contribution >= 0.6 is 0 Å². The molecule has 10 N–H and O–H groups in total. The van der Waals surface area contributed by atoms with Crippen LogP contribution in [0, 0.1) is 0 Å². The number of aromatic hydroxyl groups is 2. The molecule has 226 valence electrons. The van der Waals surface area contributed by atoms with E-state index < -0.39 is 97.5 Å². The standard InChI is InChI=1S/C25H30O16/c26-7-14-16(30)18(32)20(34)24(39-14)38-13-4-2-9(5-11(13)28)1-3-10-6-12(29)22(23(36)37-10)41-25-21(35)19(33)17(31)15(8-27)40-25/h1-6,14-21,24-35H,7-8H2/b3-1+/t14-,15-,16-,17-,18+,19+,20-,21-,24-,25+/m1/s1. The van der Waals surface area contributed by atoms with Crippen molar-refractivity contribution >= 4 is 12.2 Å². The van der Waals surface area contributed by atoms with Crippen molar-refractivity contribution < 1.29 is 74.4 Å². The largest absolute Gasteiger partial charge is 0.504 e. The quantitative estimate of drug-likeness (QED) is 0.144. The first-order valence-electron chi connectivity index (χ1n) is 12.3. The summed E-state index contributed by atoms with van der Waals surface area (Å²) in [5.74, 6) is -2.22. The highest BCUT2D eigenvalue weighted by Crippen LogP contribution is 2.32. The van der Waals surface area contributed by atoms with E-state index >= 15 is 0 Å². The van der Waals surface area contributed by atoms with Crippen molar-refractivity contribution in [3.63, 3.8) is 0 Å². The average molecular weight is 586 g/mol. The van der Waals surface area contributed by atoms with E-state index in [1.54, 1.807) is 0 Å². The van der Waals surface area contributed by atoms with Crippen LogP contribution in [0.3, 0.4) is 0 Å². The summed E-state index contributed by atoms with van der Waals surface area (Å²) >= 11 is 0. The van der Waals surface area contributed by atoms with E-state index in [9.17, 15) is 55.9 Å². The van der Waals surface area contributed by atoms with Crippen molar-refractivity contribution in [1.29, 1.82) is 0 Å². The first-order valence-corrected chi connectivity index (χ1v) is 12.3. The number of phenolic OH excluding ortho intramolecular Hbond substituents is 1. The molecule has 0 saturated carbocycles. The van der Waals surface area contributed by atoms with Gasteiger partial charge in [0.15, 0.2) is 17.2 Å². The number of hydrogen-bond acceptors (Lipinski definition) is 16. The van der Waals surface area contributed by atoms with Gasteiger partial charge in [0.25, 0.3) is 0 Å². The molecule has 10 atom stereocenters.